The molecule has 1 aliphatic carbocycles. The van der Waals surface area contributed by atoms with Gasteiger partial charge in [0.2, 0.25) is 5.89 Å². The maximum atomic E-state index is 5.27. The molecule has 2 aromatic heterocycles. The zero-order chi connectivity index (χ0) is 13.2. The number of rotatable bonds is 6. The fourth-order valence-corrected chi connectivity index (χ4v) is 2.23. The highest BCUT2D eigenvalue weighted by Crippen LogP contribution is 2.38. The Hall–Kier alpha value is -1.62. The van der Waals surface area contributed by atoms with Gasteiger partial charge in [-0.25, -0.2) is 0 Å². The molecule has 0 spiro atoms. The van der Waals surface area contributed by atoms with E-state index < -0.39 is 0 Å². The number of nitrogens with zero attached hydrogens (tertiary/aromatic N) is 3. The molecule has 1 unspecified atom stereocenters. The van der Waals surface area contributed by atoms with Crippen molar-refractivity contribution in [2.24, 2.45) is 0 Å². The van der Waals surface area contributed by atoms with E-state index >= 15 is 0 Å². The number of hydrogen-bond donors (Lipinski definition) is 1. The minimum absolute atomic E-state index is 0.374. The topological polar surface area (TPSA) is 55.9 Å². The average molecular weight is 260 g/mol. The molecule has 0 radical (unpaired) electrons. The Kier molecular flexibility index (Phi) is 3.38. The van der Waals surface area contributed by atoms with Gasteiger partial charge in [-0.05, 0) is 37.9 Å². The highest BCUT2D eigenvalue weighted by atomic mass is 16.5. The van der Waals surface area contributed by atoms with Gasteiger partial charge in [0, 0.05) is 24.4 Å². The Balaban J connectivity index is 1.65. The third-order valence-electron chi connectivity index (χ3n) is 3.52. The molecule has 0 bridgehead atoms. The summed E-state index contributed by atoms with van der Waals surface area (Å²) in [6.07, 6.45) is 6.59. The first kappa shape index (κ1) is 12.4. The van der Waals surface area contributed by atoms with Crippen molar-refractivity contribution < 1.29 is 4.52 Å². The van der Waals surface area contributed by atoms with Crippen molar-refractivity contribution in [2.75, 3.05) is 6.54 Å². The second-order valence-electron chi connectivity index (χ2n) is 5.22. The summed E-state index contributed by atoms with van der Waals surface area (Å²) in [6, 6.07) is 2.51. The van der Waals surface area contributed by atoms with Gasteiger partial charge in [-0.3, -0.25) is 0 Å². The lowest BCUT2D eigenvalue weighted by atomic mass is 10.2. The Morgan fingerprint density at radius 1 is 1.53 bits per heavy atom. The summed E-state index contributed by atoms with van der Waals surface area (Å²) >= 11 is 0. The van der Waals surface area contributed by atoms with Crippen LogP contribution in [0.1, 0.15) is 55.9 Å². The van der Waals surface area contributed by atoms with Gasteiger partial charge in [0.05, 0.1) is 6.54 Å². The molecule has 5 heteroatoms. The lowest BCUT2D eigenvalue weighted by Crippen LogP contribution is -2.17. The quantitative estimate of drug-likeness (QED) is 0.867. The number of aromatic nitrogens is 3. The van der Waals surface area contributed by atoms with E-state index in [4.69, 9.17) is 4.52 Å². The van der Waals surface area contributed by atoms with Crippen molar-refractivity contribution in [1.82, 2.24) is 20.0 Å². The van der Waals surface area contributed by atoms with Gasteiger partial charge in [0.15, 0.2) is 5.82 Å². The summed E-state index contributed by atoms with van der Waals surface area (Å²) in [4.78, 5) is 4.44. The van der Waals surface area contributed by atoms with Crippen molar-refractivity contribution in [2.45, 2.75) is 45.2 Å². The van der Waals surface area contributed by atoms with Crippen molar-refractivity contribution in [3.05, 3.63) is 35.7 Å². The maximum absolute atomic E-state index is 5.27. The first-order chi connectivity index (χ1) is 9.26. The lowest BCUT2D eigenvalue weighted by Gasteiger charge is -2.09. The van der Waals surface area contributed by atoms with Crippen LogP contribution in [-0.4, -0.2) is 21.3 Å². The van der Waals surface area contributed by atoms with E-state index in [1.807, 2.05) is 0 Å². The van der Waals surface area contributed by atoms with Crippen LogP contribution in [0.2, 0.25) is 0 Å². The fraction of sp³-hybridized carbons (Fsp3) is 0.571. The summed E-state index contributed by atoms with van der Waals surface area (Å²) in [5.74, 6) is 2.10. The average Bonchev–Trinajstić information content (AvgIpc) is 2.97. The standard InChI is InChI=1S/C14H20N4O/c1-3-15-10(2)12-6-7-18(8-12)9-13-16-14(19-17-13)11-4-5-11/h6-8,10-11,15H,3-5,9H2,1-2H3. The van der Waals surface area contributed by atoms with Crippen molar-refractivity contribution in [3.63, 3.8) is 0 Å². The fourth-order valence-electron chi connectivity index (χ4n) is 2.23. The van der Waals surface area contributed by atoms with Gasteiger partial charge in [0.1, 0.15) is 0 Å². The highest BCUT2D eigenvalue weighted by Gasteiger charge is 2.29. The molecule has 0 aliphatic heterocycles. The minimum Gasteiger partial charge on any atom is -0.346 e. The Morgan fingerprint density at radius 3 is 3.11 bits per heavy atom. The molecule has 0 aromatic carbocycles. The van der Waals surface area contributed by atoms with Crippen LogP contribution in [-0.2, 0) is 6.54 Å². The van der Waals surface area contributed by atoms with Gasteiger partial charge < -0.3 is 14.4 Å². The summed E-state index contributed by atoms with van der Waals surface area (Å²) in [7, 11) is 0. The van der Waals surface area contributed by atoms with Gasteiger partial charge in [-0.15, -0.1) is 0 Å². The van der Waals surface area contributed by atoms with Crippen LogP contribution in [0.25, 0.3) is 0 Å². The van der Waals surface area contributed by atoms with Crippen molar-refractivity contribution in [1.29, 1.82) is 0 Å². The van der Waals surface area contributed by atoms with Crippen LogP contribution in [0.5, 0.6) is 0 Å². The summed E-state index contributed by atoms with van der Waals surface area (Å²) in [5, 5.41) is 7.44. The van der Waals surface area contributed by atoms with Crippen LogP contribution < -0.4 is 5.32 Å². The molecule has 0 amide bonds. The molecule has 1 aliphatic rings. The first-order valence-electron chi connectivity index (χ1n) is 6.97. The van der Waals surface area contributed by atoms with Gasteiger partial charge in [0.25, 0.3) is 0 Å². The summed E-state index contributed by atoms with van der Waals surface area (Å²) in [5.41, 5.74) is 1.28. The number of nitrogens with one attached hydrogen (secondary N) is 1. The maximum Gasteiger partial charge on any atom is 0.229 e. The van der Waals surface area contributed by atoms with Gasteiger partial charge in [-0.1, -0.05) is 12.1 Å². The molecule has 5 nitrogen and oxygen atoms in total. The van der Waals surface area contributed by atoms with Crippen LogP contribution in [0, 0.1) is 0 Å². The van der Waals surface area contributed by atoms with Crippen molar-refractivity contribution in [3.8, 4) is 0 Å². The molecule has 0 saturated heterocycles. The molecule has 19 heavy (non-hydrogen) atoms. The number of hydrogen-bond acceptors (Lipinski definition) is 4. The van der Waals surface area contributed by atoms with E-state index in [9.17, 15) is 0 Å². The predicted molar refractivity (Wildman–Crippen MR) is 71.9 cm³/mol. The SMILES string of the molecule is CCNC(C)c1ccn(Cc2noc(C3CC3)n2)c1. The molecule has 1 fully saturated rings. The van der Waals surface area contributed by atoms with Gasteiger partial charge >= 0.3 is 0 Å². The third-order valence-corrected chi connectivity index (χ3v) is 3.52. The monoisotopic (exact) mass is 260 g/mol. The Labute approximate surface area is 113 Å². The first-order valence-corrected chi connectivity index (χ1v) is 6.97. The normalized spacial score (nSPS) is 16.7. The Morgan fingerprint density at radius 2 is 2.37 bits per heavy atom. The van der Waals surface area contributed by atoms with E-state index in [1.54, 1.807) is 0 Å². The molecule has 1 saturated carbocycles. The second-order valence-corrected chi connectivity index (χ2v) is 5.22. The van der Waals surface area contributed by atoms with E-state index in [0.29, 0.717) is 18.5 Å². The smallest absolute Gasteiger partial charge is 0.229 e. The largest absolute Gasteiger partial charge is 0.346 e. The Bertz CT molecular complexity index is 541. The molecule has 102 valence electrons. The highest BCUT2D eigenvalue weighted by molar-refractivity contribution is 5.15. The molecule has 2 aromatic rings. The van der Waals surface area contributed by atoms with Crippen LogP contribution >= 0.6 is 0 Å². The minimum atomic E-state index is 0.374. The van der Waals surface area contributed by atoms with Crippen molar-refractivity contribution >= 4 is 0 Å². The zero-order valence-corrected chi connectivity index (χ0v) is 11.5. The molecule has 1 N–H and O–H groups in total. The van der Waals surface area contributed by atoms with Crippen LogP contribution in [0.15, 0.2) is 23.0 Å². The molecule has 3 rings (SSSR count). The van der Waals surface area contributed by atoms with E-state index in [2.05, 4.69) is 52.3 Å². The zero-order valence-electron chi connectivity index (χ0n) is 11.5. The molecule has 1 atom stereocenters. The summed E-state index contributed by atoms with van der Waals surface area (Å²) < 4.78 is 7.37. The predicted octanol–water partition coefficient (Wildman–Crippen LogP) is 2.47. The van der Waals surface area contributed by atoms with E-state index in [1.165, 1.54) is 18.4 Å². The van der Waals surface area contributed by atoms with E-state index in [0.717, 1.165) is 18.3 Å². The molecule has 2 heterocycles. The lowest BCUT2D eigenvalue weighted by molar-refractivity contribution is 0.373. The third kappa shape index (κ3) is 2.87. The second kappa shape index (κ2) is 5.17. The van der Waals surface area contributed by atoms with E-state index in [-0.39, 0.29) is 0 Å². The molecular weight excluding hydrogens is 240 g/mol. The molecular formula is C14H20N4O. The van der Waals surface area contributed by atoms with Crippen LogP contribution in [0.3, 0.4) is 0 Å². The summed E-state index contributed by atoms with van der Waals surface area (Å²) in [6.45, 7) is 5.94. The van der Waals surface area contributed by atoms with Crippen LogP contribution in [0.4, 0.5) is 0 Å². The van der Waals surface area contributed by atoms with Gasteiger partial charge in [-0.2, -0.15) is 4.98 Å².